The van der Waals surface area contributed by atoms with E-state index in [1.807, 2.05) is 26.0 Å². The molecule has 0 aliphatic carbocycles. The molecule has 2 fully saturated rings. The van der Waals surface area contributed by atoms with Crippen molar-refractivity contribution in [1.82, 2.24) is 31.1 Å². The minimum Gasteiger partial charge on any atom is -0.445 e. The molecule has 2 aromatic carbocycles. The van der Waals surface area contributed by atoms with Crippen LogP contribution in [0.3, 0.4) is 0 Å². The van der Waals surface area contributed by atoms with Gasteiger partial charge < -0.3 is 40.5 Å². The molecule has 2 aliphatic heterocycles. The number of likely N-dealkylation sites (tertiary alicyclic amines) is 2. The number of alkyl halides is 2. The van der Waals surface area contributed by atoms with Crippen molar-refractivity contribution in [3.8, 4) is 0 Å². The van der Waals surface area contributed by atoms with E-state index in [9.17, 15) is 28.8 Å². The Labute approximate surface area is 320 Å². The van der Waals surface area contributed by atoms with Crippen molar-refractivity contribution in [2.45, 2.75) is 84.1 Å². The summed E-state index contributed by atoms with van der Waals surface area (Å²) in [6.45, 7) is 6.46. The zero-order chi connectivity index (χ0) is 40.4. The number of alkyl carbamates (subject to hydrolysis) is 1. The zero-order valence-corrected chi connectivity index (χ0v) is 32.0. The molecule has 0 bridgehead atoms. The Morgan fingerprint density at radius 1 is 0.782 bits per heavy atom. The average molecular weight is 771 g/mol. The number of carbonyl (C=O) groups is 6. The SMILES string of the molecule is CC(C)C[C@@H](NC(=O)CNC(=O)[C@@H](Cc1ccccc1)NC(=O)OC(C)(C)C)C(=O)NCC(=O)N1CC2(CCN(C(=O)OCc3ccccc3)CC2(F)F)C1. The third kappa shape index (κ3) is 12.4. The molecule has 6 amide bonds. The molecule has 2 aromatic rings. The van der Waals surface area contributed by atoms with E-state index in [4.69, 9.17) is 9.47 Å². The third-order valence-corrected chi connectivity index (χ3v) is 9.31. The number of carbonyl (C=O) groups excluding carboxylic acids is 6. The minimum atomic E-state index is -3.27. The van der Waals surface area contributed by atoms with Crippen LogP contribution in [0, 0.1) is 11.3 Å². The fourth-order valence-electron chi connectivity index (χ4n) is 6.38. The van der Waals surface area contributed by atoms with E-state index in [1.54, 1.807) is 69.3 Å². The molecule has 1 spiro atoms. The summed E-state index contributed by atoms with van der Waals surface area (Å²) < 4.78 is 41.3. The van der Waals surface area contributed by atoms with E-state index in [0.717, 1.165) is 16.0 Å². The average Bonchev–Trinajstić information content (AvgIpc) is 3.09. The summed E-state index contributed by atoms with van der Waals surface area (Å²) in [6.07, 6.45) is -1.33. The van der Waals surface area contributed by atoms with Gasteiger partial charge in [0, 0.05) is 26.1 Å². The first-order valence-electron chi connectivity index (χ1n) is 18.4. The predicted molar refractivity (Wildman–Crippen MR) is 197 cm³/mol. The summed E-state index contributed by atoms with van der Waals surface area (Å²) in [7, 11) is 0. The quantitative estimate of drug-likeness (QED) is 0.226. The monoisotopic (exact) mass is 770 g/mol. The summed E-state index contributed by atoms with van der Waals surface area (Å²) in [4.78, 5) is 79.4. The summed E-state index contributed by atoms with van der Waals surface area (Å²) >= 11 is 0. The van der Waals surface area contributed by atoms with Crippen molar-refractivity contribution in [1.29, 1.82) is 0 Å². The largest absolute Gasteiger partial charge is 0.445 e. The first kappa shape index (κ1) is 42.5. The van der Waals surface area contributed by atoms with Gasteiger partial charge in [-0.3, -0.25) is 19.2 Å². The van der Waals surface area contributed by atoms with Gasteiger partial charge in [-0.05, 0) is 50.7 Å². The van der Waals surface area contributed by atoms with Crippen LogP contribution in [0.5, 0.6) is 0 Å². The van der Waals surface area contributed by atoms with Crippen LogP contribution in [0.2, 0.25) is 0 Å². The zero-order valence-electron chi connectivity index (χ0n) is 32.0. The van der Waals surface area contributed by atoms with Gasteiger partial charge in [-0.25, -0.2) is 18.4 Å². The number of halogens is 2. The van der Waals surface area contributed by atoms with E-state index < -0.39 is 84.5 Å². The van der Waals surface area contributed by atoms with Crippen LogP contribution in [0.25, 0.3) is 0 Å². The van der Waals surface area contributed by atoms with Crippen molar-refractivity contribution in [2.24, 2.45) is 11.3 Å². The van der Waals surface area contributed by atoms with Gasteiger partial charge >= 0.3 is 12.2 Å². The second kappa shape index (κ2) is 18.4. The van der Waals surface area contributed by atoms with Gasteiger partial charge in [0.25, 0.3) is 5.92 Å². The maximum absolute atomic E-state index is 15.4. The lowest BCUT2D eigenvalue weighted by atomic mass is 9.69. The standard InChI is InChI=1S/C39H52F2N6O8/c1-26(2)18-29(44-31(48)20-42-34(51)30(19-27-12-8-6-9-13-27)45-35(52)55-37(3,4)5)33(50)43-21-32(49)47-23-38(24-47)16-17-46(25-39(38,40)41)36(53)54-22-28-14-10-7-11-15-28/h6-15,26,29-30H,16-25H2,1-5H3,(H,42,51)(H,43,50)(H,44,48)(H,45,52)/t29-,30-/m1/s1. The Morgan fingerprint density at radius 3 is 1.95 bits per heavy atom. The lowest BCUT2D eigenvalue weighted by molar-refractivity contribution is -0.220. The summed E-state index contributed by atoms with van der Waals surface area (Å²) in [5.41, 5.74) is -0.808. The first-order chi connectivity index (χ1) is 25.9. The molecule has 0 unspecified atom stereocenters. The second-order valence-corrected chi connectivity index (χ2v) is 15.5. The molecule has 2 heterocycles. The van der Waals surface area contributed by atoms with Gasteiger partial charge in [0.05, 0.1) is 25.0 Å². The molecule has 2 atom stereocenters. The molecule has 4 N–H and O–H groups in total. The highest BCUT2D eigenvalue weighted by Gasteiger charge is 2.64. The lowest BCUT2D eigenvalue weighted by Crippen LogP contribution is -2.72. The smallest absolute Gasteiger partial charge is 0.410 e. The second-order valence-electron chi connectivity index (χ2n) is 15.5. The van der Waals surface area contributed by atoms with Crippen molar-refractivity contribution in [2.75, 3.05) is 39.3 Å². The van der Waals surface area contributed by atoms with Crippen molar-refractivity contribution in [3.05, 3.63) is 71.8 Å². The van der Waals surface area contributed by atoms with E-state index in [0.29, 0.717) is 0 Å². The van der Waals surface area contributed by atoms with Crippen LogP contribution >= 0.6 is 0 Å². The fourth-order valence-corrected chi connectivity index (χ4v) is 6.38. The Balaban J connectivity index is 1.24. The number of nitrogens with one attached hydrogen (secondary N) is 4. The Kier molecular flexibility index (Phi) is 14.2. The van der Waals surface area contributed by atoms with Crippen LogP contribution in [-0.4, -0.2) is 108 Å². The Morgan fingerprint density at radius 2 is 1.36 bits per heavy atom. The normalized spacial score (nSPS) is 16.9. The number of ether oxygens (including phenoxy) is 2. The Hall–Kier alpha value is -5.28. The van der Waals surface area contributed by atoms with E-state index in [1.165, 1.54) is 4.90 Å². The van der Waals surface area contributed by atoms with Gasteiger partial charge in [-0.2, -0.15) is 0 Å². The topological polar surface area (TPSA) is 175 Å². The fraction of sp³-hybridized carbons (Fsp3) is 0.538. The van der Waals surface area contributed by atoms with Gasteiger partial charge in [0.1, 0.15) is 24.3 Å². The van der Waals surface area contributed by atoms with Crippen LogP contribution in [0.1, 0.15) is 58.6 Å². The molecule has 2 saturated heterocycles. The molecule has 300 valence electrons. The van der Waals surface area contributed by atoms with Crippen LogP contribution in [0.15, 0.2) is 60.7 Å². The van der Waals surface area contributed by atoms with Crippen molar-refractivity contribution >= 4 is 35.8 Å². The van der Waals surface area contributed by atoms with Gasteiger partial charge in [0.15, 0.2) is 0 Å². The number of piperidine rings is 1. The molecule has 2 aliphatic rings. The maximum atomic E-state index is 15.4. The maximum Gasteiger partial charge on any atom is 0.410 e. The molecule has 0 radical (unpaired) electrons. The number of hydrogen-bond donors (Lipinski definition) is 4. The highest BCUT2D eigenvalue weighted by atomic mass is 19.3. The molecule has 55 heavy (non-hydrogen) atoms. The highest BCUT2D eigenvalue weighted by molar-refractivity contribution is 5.93. The molecule has 14 nitrogen and oxygen atoms in total. The lowest BCUT2D eigenvalue weighted by Gasteiger charge is -2.57. The minimum absolute atomic E-state index is 0.0281. The summed E-state index contributed by atoms with van der Waals surface area (Å²) in [5.74, 6) is -5.87. The summed E-state index contributed by atoms with van der Waals surface area (Å²) in [6, 6.07) is 15.7. The predicted octanol–water partition coefficient (Wildman–Crippen LogP) is 3.39. The van der Waals surface area contributed by atoms with Gasteiger partial charge in [-0.15, -0.1) is 0 Å². The molecule has 0 aromatic heterocycles. The van der Waals surface area contributed by atoms with Crippen LogP contribution in [0.4, 0.5) is 18.4 Å². The number of benzene rings is 2. The third-order valence-electron chi connectivity index (χ3n) is 9.31. The van der Waals surface area contributed by atoms with E-state index in [2.05, 4.69) is 21.3 Å². The van der Waals surface area contributed by atoms with E-state index >= 15 is 8.78 Å². The van der Waals surface area contributed by atoms with Crippen molar-refractivity contribution < 1.29 is 47.0 Å². The molecular weight excluding hydrogens is 718 g/mol. The molecular formula is C39H52F2N6O8. The number of rotatable bonds is 14. The molecule has 16 heteroatoms. The van der Waals surface area contributed by atoms with Gasteiger partial charge in [-0.1, -0.05) is 74.5 Å². The Bertz CT molecular complexity index is 1670. The molecule has 0 saturated carbocycles. The molecule has 4 rings (SSSR count). The van der Waals surface area contributed by atoms with E-state index in [-0.39, 0.29) is 51.4 Å². The van der Waals surface area contributed by atoms with Crippen LogP contribution in [-0.2, 0) is 41.7 Å². The van der Waals surface area contributed by atoms with Crippen LogP contribution < -0.4 is 21.3 Å². The number of hydrogen-bond acceptors (Lipinski definition) is 8. The summed E-state index contributed by atoms with van der Waals surface area (Å²) in [5, 5.41) is 10.1. The highest BCUT2D eigenvalue weighted by Crippen LogP contribution is 2.50. The number of amides is 6. The number of nitrogens with zero attached hydrogens (tertiary/aromatic N) is 2. The van der Waals surface area contributed by atoms with Crippen molar-refractivity contribution in [3.63, 3.8) is 0 Å². The van der Waals surface area contributed by atoms with Gasteiger partial charge in [0.2, 0.25) is 23.6 Å². The first-order valence-corrected chi connectivity index (χ1v) is 18.4.